The maximum atomic E-state index is 12.2. The molecule has 1 aliphatic heterocycles. The molecule has 0 saturated carbocycles. The summed E-state index contributed by atoms with van der Waals surface area (Å²) in [6.45, 7) is 6.84. The van der Waals surface area contributed by atoms with Gasteiger partial charge >= 0.3 is 12.0 Å². The summed E-state index contributed by atoms with van der Waals surface area (Å²) in [5, 5.41) is 12.2. The molecule has 1 aliphatic rings. The number of rotatable bonds is 6. The number of carboxylic acid groups (broad SMARTS) is 1. The average molecular weight is 284 g/mol. The van der Waals surface area contributed by atoms with Gasteiger partial charge in [0.25, 0.3) is 0 Å². The molecular formula is C15H28N2O3. The molecule has 2 N–H and O–H groups in total. The van der Waals surface area contributed by atoms with Crippen LogP contribution < -0.4 is 5.32 Å². The number of hydrogen-bond donors (Lipinski definition) is 2. The van der Waals surface area contributed by atoms with E-state index in [-0.39, 0.29) is 12.1 Å². The number of nitrogens with one attached hydrogen (secondary N) is 1. The van der Waals surface area contributed by atoms with Gasteiger partial charge in [0.1, 0.15) is 0 Å². The van der Waals surface area contributed by atoms with Gasteiger partial charge < -0.3 is 15.3 Å². The molecule has 2 atom stereocenters. The zero-order valence-electron chi connectivity index (χ0n) is 12.9. The van der Waals surface area contributed by atoms with Gasteiger partial charge in [0.15, 0.2) is 0 Å². The van der Waals surface area contributed by atoms with Gasteiger partial charge in [0.2, 0.25) is 0 Å². The molecule has 1 heterocycles. The van der Waals surface area contributed by atoms with E-state index in [0.717, 1.165) is 19.3 Å². The third-order valence-corrected chi connectivity index (χ3v) is 4.11. The molecule has 5 heteroatoms. The minimum absolute atomic E-state index is 0.124. The van der Waals surface area contributed by atoms with Gasteiger partial charge in [0, 0.05) is 19.1 Å². The molecule has 1 rings (SSSR count). The maximum absolute atomic E-state index is 12.2. The highest BCUT2D eigenvalue weighted by Gasteiger charge is 2.39. The molecule has 5 nitrogen and oxygen atoms in total. The fourth-order valence-electron chi connectivity index (χ4n) is 2.66. The van der Waals surface area contributed by atoms with Crippen LogP contribution in [0.4, 0.5) is 4.79 Å². The van der Waals surface area contributed by atoms with Gasteiger partial charge in [-0.05, 0) is 33.1 Å². The molecule has 116 valence electrons. The topological polar surface area (TPSA) is 69.6 Å². The number of aliphatic carboxylic acids is 1. The molecule has 0 aliphatic carbocycles. The number of likely N-dealkylation sites (tertiary alicyclic amines) is 1. The van der Waals surface area contributed by atoms with Crippen molar-refractivity contribution in [3.05, 3.63) is 0 Å². The van der Waals surface area contributed by atoms with Crippen molar-refractivity contribution in [3.8, 4) is 0 Å². The lowest BCUT2D eigenvalue weighted by atomic mass is 9.82. The predicted octanol–water partition coefficient (Wildman–Crippen LogP) is 2.85. The fraction of sp³-hybridized carbons (Fsp3) is 0.867. The van der Waals surface area contributed by atoms with Crippen molar-refractivity contribution in [1.29, 1.82) is 0 Å². The van der Waals surface area contributed by atoms with Crippen LogP contribution in [-0.4, -0.2) is 41.1 Å². The van der Waals surface area contributed by atoms with Crippen LogP contribution in [0.15, 0.2) is 0 Å². The molecule has 0 radical (unpaired) electrons. The minimum atomic E-state index is -0.814. The largest absolute Gasteiger partial charge is 0.481 e. The lowest BCUT2D eigenvalue weighted by Gasteiger charge is -2.37. The second-order valence-corrected chi connectivity index (χ2v) is 6.24. The predicted molar refractivity (Wildman–Crippen MR) is 78.7 cm³/mol. The maximum Gasteiger partial charge on any atom is 0.317 e. The zero-order valence-corrected chi connectivity index (χ0v) is 12.9. The SMILES string of the molecule is CCCCCC(C)NC(=O)N1CCCC(C)(C(=O)O)C1. The first-order chi connectivity index (χ1) is 9.39. The normalized spacial score (nSPS) is 24.2. The van der Waals surface area contributed by atoms with E-state index in [1.807, 2.05) is 6.92 Å². The van der Waals surface area contributed by atoms with E-state index < -0.39 is 11.4 Å². The molecule has 0 bridgehead atoms. The quantitative estimate of drug-likeness (QED) is 0.737. The van der Waals surface area contributed by atoms with Gasteiger partial charge in [-0.15, -0.1) is 0 Å². The molecule has 0 spiro atoms. The highest BCUT2D eigenvalue weighted by Crippen LogP contribution is 2.29. The molecule has 2 unspecified atom stereocenters. The van der Waals surface area contributed by atoms with Gasteiger partial charge in [-0.3, -0.25) is 4.79 Å². The third-order valence-electron chi connectivity index (χ3n) is 4.11. The summed E-state index contributed by atoms with van der Waals surface area (Å²) in [7, 11) is 0. The summed E-state index contributed by atoms with van der Waals surface area (Å²) in [6, 6.07) is 0.0215. The third kappa shape index (κ3) is 4.69. The highest BCUT2D eigenvalue weighted by molar-refractivity contribution is 5.78. The van der Waals surface area contributed by atoms with Crippen LogP contribution in [0.2, 0.25) is 0 Å². The summed E-state index contributed by atoms with van der Waals surface area (Å²) in [6.07, 6.45) is 5.83. The first-order valence-electron chi connectivity index (χ1n) is 7.68. The van der Waals surface area contributed by atoms with Crippen molar-refractivity contribution < 1.29 is 14.7 Å². The molecule has 2 amide bonds. The average Bonchev–Trinajstić information content (AvgIpc) is 2.39. The second kappa shape index (κ2) is 7.50. The minimum Gasteiger partial charge on any atom is -0.481 e. The van der Waals surface area contributed by atoms with Crippen molar-refractivity contribution in [2.75, 3.05) is 13.1 Å². The standard InChI is InChI=1S/C15H28N2O3/c1-4-5-6-8-12(2)16-14(20)17-10-7-9-15(3,11-17)13(18)19/h12H,4-11H2,1-3H3,(H,16,20)(H,18,19). The Morgan fingerprint density at radius 1 is 1.40 bits per heavy atom. The van der Waals surface area contributed by atoms with Gasteiger partial charge in [-0.1, -0.05) is 26.2 Å². The van der Waals surface area contributed by atoms with E-state index in [9.17, 15) is 14.7 Å². The van der Waals surface area contributed by atoms with Crippen LogP contribution in [-0.2, 0) is 4.79 Å². The molecule has 20 heavy (non-hydrogen) atoms. The Labute approximate surface area is 121 Å². The van der Waals surface area contributed by atoms with Crippen molar-refractivity contribution >= 4 is 12.0 Å². The zero-order chi connectivity index (χ0) is 15.2. The van der Waals surface area contributed by atoms with Crippen LogP contribution in [0.1, 0.15) is 59.3 Å². The summed E-state index contributed by atoms with van der Waals surface area (Å²) in [5.74, 6) is -0.814. The second-order valence-electron chi connectivity index (χ2n) is 6.24. The first kappa shape index (κ1) is 16.8. The van der Waals surface area contributed by atoms with Gasteiger partial charge in [-0.25, -0.2) is 4.79 Å². The van der Waals surface area contributed by atoms with E-state index in [2.05, 4.69) is 12.2 Å². The van der Waals surface area contributed by atoms with E-state index in [0.29, 0.717) is 19.5 Å². The Hall–Kier alpha value is -1.26. The number of carbonyl (C=O) groups is 2. The molecule has 0 aromatic heterocycles. The van der Waals surface area contributed by atoms with Gasteiger partial charge in [-0.2, -0.15) is 0 Å². The van der Waals surface area contributed by atoms with Crippen molar-refractivity contribution in [2.24, 2.45) is 5.41 Å². The number of nitrogens with zero attached hydrogens (tertiary/aromatic N) is 1. The van der Waals surface area contributed by atoms with Crippen molar-refractivity contribution in [1.82, 2.24) is 10.2 Å². The Morgan fingerprint density at radius 2 is 2.10 bits per heavy atom. The fourth-order valence-corrected chi connectivity index (χ4v) is 2.66. The van der Waals surface area contributed by atoms with E-state index in [1.165, 1.54) is 12.8 Å². The molecular weight excluding hydrogens is 256 g/mol. The number of unbranched alkanes of at least 4 members (excludes halogenated alkanes) is 2. The van der Waals surface area contributed by atoms with Gasteiger partial charge in [0.05, 0.1) is 5.41 Å². The first-order valence-corrected chi connectivity index (χ1v) is 7.68. The van der Waals surface area contributed by atoms with Crippen LogP contribution in [0.3, 0.4) is 0 Å². The van der Waals surface area contributed by atoms with E-state index >= 15 is 0 Å². The smallest absolute Gasteiger partial charge is 0.317 e. The summed E-state index contributed by atoms with van der Waals surface area (Å²) < 4.78 is 0. The Balaban J connectivity index is 2.45. The highest BCUT2D eigenvalue weighted by atomic mass is 16.4. The molecule has 0 aromatic rings. The Bertz CT molecular complexity index is 346. The Morgan fingerprint density at radius 3 is 2.70 bits per heavy atom. The Kier molecular flexibility index (Phi) is 6.30. The van der Waals surface area contributed by atoms with Crippen LogP contribution in [0.5, 0.6) is 0 Å². The summed E-state index contributed by atoms with van der Waals surface area (Å²) in [5.41, 5.74) is -0.805. The number of carboxylic acids is 1. The van der Waals surface area contributed by atoms with Crippen LogP contribution >= 0.6 is 0 Å². The van der Waals surface area contributed by atoms with Crippen LogP contribution in [0.25, 0.3) is 0 Å². The van der Waals surface area contributed by atoms with Crippen molar-refractivity contribution in [2.45, 2.75) is 65.3 Å². The lowest BCUT2D eigenvalue weighted by molar-refractivity contribution is -0.150. The number of piperidine rings is 1. The molecule has 1 saturated heterocycles. The van der Waals surface area contributed by atoms with Crippen molar-refractivity contribution in [3.63, 3.8) is 0 Å². The number of carbonyl (C=O) groups excluding carboxylic acids is 1. The van der Waals surface area contributed by atoms with E-state index in [1.54, 1.807) is 11.8 Å². The van der Waals surface area contributed by atoms with Crippen LogP contribution in [0, 0.1) is 5.41 Å². The summed E-state index contributed by atoms with van der Waals surface area (Å²) in [4.78, 5) is 25.1. The summed E-state index contributed by atoms with van der Waals surface area (Å²) >= 11 is 0. The van der Waals surface area contributed by atoms with E-state index in [4.69, 9.17) is 0 Å². The monoisotopic (exact) mass is 284 g/mol. The molecule has 0 aromatic carbocycles. The number of urea groups is 1. The number of hydrogen-bond acceptors (Lipinski definition) is 2. The number of amides is 2. The molecule has 1 fully saturated rings. The lowest BCUT2D eigenvalue weighted by Crippen LogP contribution is -2.52.